The van der Waals surface area contributed by atoms with Crippen LogP contribution in [0.1, 0.15) is 11.1 Å². The Morgan fingerprint density at radius 2 is 2.05 bits per heavy atom. The molecule has 0 bridgehead atoms. The van der Waals surface area contributed by atoms with E-state index in [1.54, 1.807) is 0 Å². The van der Waals surface area contributed by atoms with Gasteiger partial charge in [-0.2, -0.15) is 18.4 Å². The first-order valence-electron chi connectivity index (χ1n) is 5.25. The molecule has 1 aromatic heterocycles. The van der Waals surface area contributed by atoms with Crippen LogP contribution in [-0.4, -0.2) is 9.97 Å². The van der Waals surface area contributed by atoms with Crippen molar-refractivity contribution in [2.45, 2.75) is 6.18 Å². The smallest absolute Gasteiger partial charge is 0.339 e. The summed E-state index contributed by atoms with van der Waals surface area (Å²) in [6.07, 6.45) is -1.86. The molecule has 0 aliphatic rings. The van der Waals surface area contributed by atoms with E-state index in [-0.39, 0.29) is 5.69 Å². The van der Waals surface area contributed by atoms with Gasteiger partial charge in [0.1, 0.15) is 12.1 Å². The van der Waals surface area contributed by atoms with Gasteiger partial charge in [-0.25, -0.2) is 9.97 Å². The molecule has 1 aromatic carbocycles. The Morgan fingerprint density at radius 3 is 2.65 bits per heavy atom. The van der Waals surface area contributed by atoms with Crippen LogP contribution in [0.25, 0.3) is 0 Å². The third-order valence-corrected chi connectivity index (χ3v) is 2.96. The van der Waals surface area contributed by atoms with Crippen molar-refractivity contribution in [3.05, 3.63) is 46.3 Å². The average Bonchev–Trinajstić information content (AvgIpc) is 2.40. The molecule has 0 unspecified atom stereocenters. The van der Waals surface area contributed by atoms with E-state index in [1.807, 2.05) is 0 Å². The number of hydrogen-bond acceptors (Lipinski definition) is 4. The predicted octanol–water partition coefficient (Wildman–Crippen LogP) is 3.87. The van der Waals surface area contributed by atoms with Crippen molar-refractivity contribution in [1.82, 2.24) is 9.97 Å². The second-order valence-corrected chi connectivity index (χ2v) is 4.57. The minimum absolute atomic E-state index is 0.177. The molecule has 0 saturated heterocycles. The fourth-order valence-corrected chi connectivity index (χ4v) is 1.82. The Balaban J connectivity index is 2.40. The summed E-state index contributed by atoms with van der Waals surface area (Å²) in [6, 6.07) is 4.88. The van der Waals surface area contributed by atoms with Gasteiger partial charge in [0.2, 0.25) is 0 Å². The standard InChI is InChI=1S/C12H6BrF3N4/c13-10-5-18-6-19-11(10)20-8-2-1-7(4-17)9(3-8)12(14,15)16/h1-3,5-6H,(H,18,19,20). The molecule has 102 valence electrons. The molecule has 0 atom stereocenters. The van der Waals surface area contributed by atoms with Crippen LogP contribution in [0, 0.1) is 11.3 Å². The number of hydrogen-bond donors (Lipinski definition) is 1. The summed E-state index contributed by atoms with van der Waals surface area (Å²) < 4.78 is 39.0. The molecule has 0 saturated carbocycles. The summed E-state index contributed by atoms with van der Waals surface area (Å²) in [5.41, 5.74) is -1.24. The Bertz CT molecular complexity index is 679. The lowest BCUT2D eigenvalue weighted by molar-refractivity contribution is -0.137. The number of alkyl halides is 3. The number of nitrogens with zero attached hydrogens (tertiary/aromatic N) is 3. The van der Waals surface area contributed by atoms with Gasteiger partial charge in [-0.3, -0.25) is 0 Å². The molecule has 20 heavy (non-hydrogen) atoms. The van der Waals surface area contributed by atoms with Gasteiger partial charge in [-0.05, 0) is 34.1 Å². The molecule has 0 amide bonds. The van der Waals surface area contributed by atoms with Crippen molar-refractivity contribution in [1.29, 1.82) is 5.26 Å². The van der Waals surface area contributed by atoms with Crippen LogP contribution in [0.15, 0.2) is 35.2 Å². The highest BCUT2D eigenvalue weighted by molar-refractivity contribution is 9.10. The maximum Gasteiger partial charge on any atom is 0.417 e. The highest BCUT2D eigenvalue weighted by Gasteiger charge is 2.33. The van der Waals surface area contributed by atoms with Crippen molar-refractivity contribution < 1.29 is 13.2 Å². The third-order valence-electron chi connectivity index (χ3n) is 2.38. The number of benzene rings is 1. The first-order valence-corrected chi connectivity index (χ1v) is 6.05. The van der Waals surface area contributed by atoms with Crippen LogP contribution in [0.3, 0.4) is 0 Å². The zero-order chi connectivity index (χ0) is 14.8. The van der Waals surface area contributed by atoms with Gasteiger partial charge in [-0.15, -0.1) is 0 Å². The second kappa shape index (κ2) is 5.46. The van der Waals surface area contributed by atoms with Crippen LogP contribution in [0.2, 0.25) is 0 Å². The second-order valence-electron chi connectivity index (χ2n) is 3.71. The van der Waals surface area contributed by atoms with E-state index in [4.69, 9.17) is 5.26 Å². The first-order chi connectivity index (χ1) is 9.41. The minimum atomic E-state index is -4.59. The maximum atomic E-state index is 12.8. The molecule has 8 heteroatoms. The van der Waals surface area contributed by atoms with Gasteiger partial charge < -0.3 is 5.32 Å². The Hall–Kier alpha value is -2.14. The van der Waals surface area contributed by atoms with E-state index in [0.29, 0.717) is 10.3 Å². The lowest BCUT2D eigenvalue weighted by atomic mass is 10.1. The molecule has 2 rings (SSSR count). The van der Waals surface area contributed by atoms with Crippen molar-refractivity contribution in [2.75, 3.05) is 5.32 Å². The zero-order valence-electron chi connectivity index (χ0n) is 9.74. The molecule has 1 heterocycles. The molecule has 0 spiro atoms. The van der Waals surface area contributed by atoms with Crippen LogP contribution in [0.5, 0.6) is 0 Å². The fraction of sp³-hybridized carbons (Fsp3) is 0.0833. The molecule has 0 aliphatic heterocycles. The molecule has 1 N–H and O–H groups in total. The van der Waals surface area contributed by atoms with Crippen LogP contribution < -0.4 is 5.32 Å². The topological polar surface area (TPSA) is 61.6 Å². The van der Waals surface area contributed by atoms with Crippen molar-refractivity contribution in [3.8, 4) is 6.07 Å². The molecule has 0 radical (unpaired) electrons. The zero-order valence-corrected chi connectivity index (χ0v) is 11.3. The number of nitriles is 1. The van der Waals surface area contributed by atoms with Crippen LogP contribution >= 0.6 is 15.9 Å². The summed E-state index contributed by atoms with van der Waals surface area (Å²) in [5, 5.41) is 11.4. The summed E-state index contributed by atoms with van der Waals surface area (Å²) in [4.78, 5) is 7.64. The van der Waals surface area contributed by atoms with E-state index in [0.717, 1.165) is 12.1 Å². The molecular formula is C12H6BrF3N4. The predicted molar refractivity (Wildman–Crippen MR) is 69.2 cm³/mol. The van der Waals surface area contributed by atoms with Crippen LogP contribution in [-0.2, 0) is 6.18 Å². The first kappa shape index (κ1) is 14.3. The SMILES string of the molecule is N#Cc1ccc(Nc2ncncc2Br)cc1C(F)(F)F. The Kier molecular flexibility index (Phi) is 3.90. The van der Waals surface area contributed by atoms with E-state index < -0.39 is 17.3 Å². The average molecular weight is 343 g/mol. The van der Waals surface area contributed by atoms with Gasteiger partial charge in [0.05, 0.1) is 21.7 Å². The minimum Gasteiger partial charge on any atom is -0.339 e. The van der Waals surface area contributed by atoms with E-state index in [2.05, 4.69) is 31.2 Å². The number of rotatable bonds is 2. The number of nitrogens with one attached hydrogen (secondary N) is 1. The molecule has 0 aliphatic carbocycles. The molecule has 0 fully saturated rings. The Labute approximate surface area is 120 Å². The van der Waals surface area contributed by atoms with Crippen molar-refractivity contribution >= 4 is 27.4 Å². The normalized spacial score (nSPS) is 10.9. The summed E-state index contributed by atoms with van der Waals surface area (Å²) in [6.45, 7) is 0. The number of anilines is 2. The fourth-order valence-electron chi connectivity index (χ4n) is 1.50. The molecule has 2 aromatic rings. The largest absolute Gasteiger partial charge is 0.417 e. The van der Waals surface area contributed by atoms with Gasteiger partial charge in [-0.1, -0.05) is 0 Å². The van der Waals surface area contributed by atoms with Gasteiger partial charge >= 0.3 is 6.18 Å². The maximum absolute atomic E-state index is 12.8. The monoisotopic (exact) mass is 342 g/mol. The molecule has 4 nitrogen and oxygen atoms in total. The highest BCUT2D eigenvalue weighted by atomic mass is 79.9. The van der Waals surface area contributed by atoms with Gasteiger partial charge in [0.25, 0.3) is 0 Å². The quantitative estimate of drug-likeness (QED) is 0.899. The summed E-state index contributed by atoms with van der Waals surface area (Å²) in [5.74, 6) is 0.331. The lowest BCUT2D eigenvalue weighted by Crippen LogP contribution is -2.08. The molecular weight excluding hydrogens is 337 g/mol. The van der Waals surface area contributed by atoms with Crippen molar-refractivity contribution in [2.24, 2.45) is 0 Å². The van der Waals surface area contributed by atoms with Gasteiger partial charge in [0, 0.05) is 11.9 Å². The van der Waals surface area contributed by atoms with Gasteiger partial charge in [0.15, 0.2) is 0 Å². The Morgan fingerprint density at radius 1 is 1.30 bits per heavy atom. The summed E-state index contributed by atoms with van der Waals surface area (Å²) in [7, 11) is 0. The van der Waals surface area contributed by atoms with E-state index in [9.17, 15) is 13.2 Å². The third kappa shape index (κ3) is 3.05. The number of halogens is 4. The highest BCUT2D eigenvalue weighted by Crippen LogP contribution is 2.34. The van der Waals surface area contributed by atoms with E-state index >= 15 is 0 Å². The lowest BCUT2D eigenvalue weighted by Gasteiger charge is -2.12. The number of aromatic nitrogens is 2. The van der Waals surface area contributed by atoms with E-state index in [1.165, 1.54) is 24.7 Å². The van der Waals surface area contributed by atoms with Crippen LogP contribution in [0.4, 0.5) is 24.7 Å². The van der Waals surface area contributed by atoms with Crippen molar-refractivity contribution in [3.63, 3.8) is 0 Å². The summed E-state index contributed by atoms with van der Waals surface area (Å²) >= 11 is 3.18.